The van der Waals surface area contributed by atoms with Gasteiger partial charge in [-0.15, -0.1) is 0 Å². The van der Waals surface area contributed by atoms with E-state index in [9.17, 15) is 0 Å². The van der Waals surface area contributed by atoms with Crippen LogP contribution in [0.15, 0.2) is 72.9 Å². The summed E-state index contributed by atoms with van der Waals surface area (Å²) >= 11 is 0. The van der Waals surface area contributed by atoms with Gasteiger partial charge >= 0.3 is 0 Å². The molecule has 1 heterocycles. The molecule has 0 bridgehead atoms. The minimum atomic E-state index is 1.21. The first-order chi connectivity index (χ1) is 10.4. The van der Waals surface area contributed by atoms with Crippen LogP contribution in [-0.2, 0) is 0 Å². The van der Waals surface area contributed by atoms with Gasteiger partial charge in [0.25, 0.3) is 0 Å². The lowest BCUT2D eigenvalue weighted by Gasteiger charge is -1.99. The molecule has 4 rings (SSSR count). The summed E-state index contributed by atoms with van der Waals surface area (Å²) in [4.78, 5) is 3.42. The molecular formula is C20H15N. The van der Waals surface area contributed by atoms with Crippen LogP contribution in [0.3, 0.4) is 0 Å². The first-order valence-electron chi connectivity index (χ1n) is 7.14. The lowest BCUT2D eigenvalue weighted by atomic mass is 10.1. The van der Waals surface area contributed by atoms with Crippen LogP contribution >= 0.6 is 0 Å². The van der Waals surface area contributed by atoms with E-state index in [-0.39, 0.29) is 0 Å². The van der Waals surface area contributed by atoms with E-state index in [2.05, 4.69) is 84.0 Å². The van der Waals surface area contributed by atoms with Crippen LogP contribution in [0.4, 0.5) is 0 Å². The molecule has 0 aliphatic heterocycles. The van der Waals surface area contributed by atoms with E-state index in [0.717, 1.165) is 0 Å². The number of aromatic amines is 1. The van der Waals surface area contributed by atoms with Crippen molar-refractivity contribution in [2.75, 3.05) is 0 Å². The molecule has 0 amide bonds. The molecule has 1 nitrogen and oxygen atoms in total. The largest absolute Gasteiger partial charge is 0.360 e. The maximum Gasteiger partial charge on any atom is 0.0539 e. The predicted molar refractivity (Wildman–Crippen MR) is 91.2 cm³/mol. The highest BCUT2D eigenvalue weighted by molar-refractivity contribution is 6.08. The second kappa shape index (κ2) is 4.95. The Morgan fingerprint density at radius 3 is 2.38 bits per heavy atom. The molecule has 0 aliphatic carbocycles. The molecule has 0 atom stereocenters. The molecular weight excluding hydrogens is 254 g/mol. The van der Waals surface area contributed by atoms with E-state index in [4.69, 9.17) is 0 Å². The number of hydrogen-bond donors (Lipinski definition) is 1. The van der Waals surface area contributed by atoms with Crippen molar-refractivity contribution in [3.63, 3.8) is 0 Å². The van der Waals surface area contributed by atoms with Gasteiger partial charge in [-0.1, -0.05) is 78.9 Å². The van der Waals surface area contributed by atoms with Crippen LogP contribution in [0.5, 0.6) is 0 Å². The molecule has 1 aromatic heterocycles. The molecule has 0 spiro atoms. The maximum absolute atomic E-state index is 3.42. The van der Waals surface area contributed by atoms with Crippen molar-refractivity contribution in [1.29, 1.82) is 0 Å². The normalized spacial score (nSPS) is 11.6. The average Bonchev–Trinajstić information content (AvgIpc) is 2.97. The molecule has 3 aromatic carbocycles. The van der Waals surface area contributed by atoms with Gasteiger partial charge in [-0.25, -0.2) is 0 Å². The van der Waals surface area contributed by atoms with Gasteiger partial charge in [-0.2, -0.15) is 0 Å². The fourth-order valence-corrected chi connectivity index (χ4v) is 2.78. The Morgan fingerprint density at radius 1 is 0.667 bits per heavy atom. The zero-order chi connectivity index (χ0) is 14.1. The number of H-pyrrole nitrogens is 1. The minimum absolute atomic E-state index is 1.21. The van der Waals surface area contributed by atoms with Gasteiger partial charge in [-0.05, 0) is 16.5 Å². The van der Waals surface area contributed by atoms with Crippen molar-refractivity contribution in [1.82, 2.24) is 4.98 Å². The standard InChI is InChI=1S/C20H15N/c1-2-6-15(7-3-1)10-11-17-14-21-20-18-9-5-4-8-16(18)12-13-19(17)20/h1-14,21H/b11-10+. The smallest absolute Gasteiger partial charge is 0.0539 e. The van der Waals surface area contributed by atoms with E-state index in [1.165, 1.54) is 32.8 Å². The Kier molecular flexibility index (Phi) is 2.82. The molecule has 0 saturated carbocycles. The Balaban J connectivity index is 1.84. The van der Waals surface area contributed by atoms with Gasteiger partial charge in [0.05, 0.1) is 5.52 Å². The maximum atomic E-state index is 3.42. The minimum Gasteiger partial charge on any atom is -0.360 e. The van der Waals surface area contributed by atoms with Crippen molar-refractivity contribution >= 4 is 33.8 Å². The molecule has 0 fully saturated rings. The van der Waals surface area contributed by atoms with Gasteiger partial charge in [0.15, 0.2) is 0 Å². The summed E-state index contributed by atoms with van der Waals surface area (Å²) in [5.74, 6) is 0. The van der Waals surface area contributed by atoms with Crippen LogP contribution in [0.25, 0.3) is 33.8 Å². The first kappa shape index (κ1) is 12.0. The second-order valence-corrected chi connectivity index (χ2v) is 5.20. The summed E-state index contributed by atoms with van der Waals surface area (Å²) < 4.78 is 0. The Bertz CT molecular complexity index is 930. The lowest BCUT2D eigenvalue weighted by Crippen LogP contribution is -1.75. The Morgan fingerprint density at radius 2 is 1.48 bits per heavy atom. The lowest BCUT2D eigenvalue weighted by molar-refractivity contribution is 1.48. The van der Waals surface area contributed by atoms with Gasteiger partial charge in [0.2, 0.25) is 0 Å². The number of aromatic nitrogens is 1. The molecule has 1 N–H and O–H groups in total. The van der Waals surface area contributed by atoms with Crippen LogP contribution in [0, 0.1) is 0 Å². The molecule has 0 saturated heterocycles. The van der Waals surface area contributed by atoms with Gasteiger partial charge in [-0.3, -0.25) is 0 Å². The van der Waals surface area contributed by atoms with Crippen molar-refractivity contribution in [2.24, 2.45) is 0 Å². The highest BCUT2D eigenvalue weighted by atomic mass is 14.7. The average molecular weight is 269 g/mol. The summed E-state index contributed by atoms with van der Waals surface area (Å²) in [6.07, 6.45) is 6.40. The van der Waals surface area contributed by atoms with Crippen LogP contribution in [-0.4, -0.2) is 4.98 Å². The number of rotatable bonds is 2. The van der Waals surface area contributed by atoms with Crippen molar-refractivity contribution < 1.29 is 0 Å². The van der Waals surface area contributed by atoms with E-state index in [1.807, 2.05) is 6.07 Å². The van der Waals surface area contributed by atoms with Crippen molar-refractivity contribution in [3.8, 4) is 0 Å². The van der Waals surface area contributed by atoms with Crippen LogP contribution < -0.4 is 0 Å². The summed E-state index contributed by atoms with van der Waals surface area (Å²) in [6.45, 7) is 0. The van der Waals surface area contributed by atoms with Crippen LogP contribution in [0.1, 0.15) is 11.1 Å². The fourth-order valence-electron chi connectivity index (χ4n) is 2.78. The highest BCUT2D eigenvalue weighted by Crippen LogP contribution is 2.27. The fraction of sp³-hybridized carbons (Fsp3) is 0. The van der Waals surface area contributed by atoms with Crippen molar-refractivity contribution in [2.45, 2.75) is 0 Å². The third-order valence-corrected chi connectivity index (χ3v) is 3.87. The molecule has 1 heteroatoms. The monoisotopic (exact) mass is 269 g/mol. The zero-order valence-electron chi connectivity index (χ0n) is 11.6. The van der Waals surface area contributed by atoms with Gasteiger partial charge < -0.3 is 4.98 Å². The molecule has 4 aromatic rings. The highest BCUT2D eigenvalue weighted by Gasteiger charge is 2.04. The number of benzene rings is 3. The number of nitrogens with one attached hydrogen (secondary N) is 1. The van der Waals surface area contributed by atoms with Crippen molar-refractivity contribution in [3.05, 3.63) is 84.1 Å². The van der Waals surface area contributed by atoms with E-state index in [0.29, 0.717) is 0 Å². The van der Waals surface area contributed by atoms with E-state index in [1.54, 1.807) is 0 Å². The third kappa shape index (κ3) is 2.13. The number of hydrogen-bond acceptors (Lipinski definition) is 0. The SMILES string of the molecule is C(=C\c1c[nH]c2c1ccc1ccccc12)/c1ccccc1. The zero-order valence-corrected chi connectivity index (χ0v) is 11.6. The summed E-state index contributed by atoms with van der Waals surface area (Å²) in [5.41, 5.74) is 3.65. The van der Waals surface area contributed by atoms with Crippen LogP contribution in [0.2, 0.25) is 0 Å². The number of fused-ring (bicyclic) bond motifs is 3. The van der Waals surface area contributed by atoms with E-state index < -0.39 is 0 Å². The quantitative estimate of drug-likeness (QED) is 0.495. The molecule has 0 aliphatic rings. The Labute approximate surface area is 123 Å². The summed E-state index contributed by atoms with van der Waals surface area (Å²) in [7, 11) is 0. The van der Waals surface area contributed by atoms with Gasteiger partial charge in [0, 0.05) is 17.0 Å². The third-order valence-electron chi connectivity index (χ3n) is 3.87. The van der Waals surface area contributed by atoms with E-state index >= 15 is 0 Å². The summed E-state index contributed by atoms with van der Waals surface area (Å²) in [5, 5.41) is 3.81. The topological polar surface area (TPSA) is 15.8 Å². The molecule has 21 heavy (non-hydrogen) atoms. The van der Waals surface area contributed by atoms with Gasteiger partial charge in [0.1, 0.15) is 0 Å². The predicted octanol–water partition coefficient (Wildman–Crippen LogP) is 5.49. The molecule has 0 unspecified atom stereocenters. The Hall–Kier alpha value is -2.80. The first-order valence-corrected chi connectivity index (χ1v) is 7.14. The second-order valence-electron chi connectivity index (χ2n) is 5.20. The summed E-state index contributed by atoms with van der Waals surface area (Å²) in [6, 6.07) is 23.2. The molecule has 100 valence electrons. The molecule has 0 radical (unpaired) electrons.